The number of nitro benzene ring substituents is 1. The van der Waals surface area contributed by atoms with E-state index in [4.69, 9.17) is 9.84 Å². The van der Waals surface area contributed by atoms with E-state index >= 15 is 0 Å². The van der Waals surface area contributed by atoms with Gasteiger partial charge in [-0.25, -0.2) is 0 Å². The molecule has 0 spiro atoms. The van der Waals surface area contributed by atoms with Crippen LogP contribution >= 0.6 is 0 Å². The van der Waals surface area contributed by atoms with E-state index in [1.165, 1.54) is 0 Å². The van der Waals surface area contributed by atoms with Crippen molar-refractivity contribution in [3.8, 4) is 29.7 Å². The fourth-order valence-corrected chi connectivity index (χ4v) is 4.62. The van der Waals surface area contributed by atoms with Gasteiger partial charge in [-0.2, -0.15) is 0 Å². The normalized spacial score (nSPS) is 12.0. The molecule has 38 heavy (non-hydrogen) atoms. The van der Waals surface area contributed by atoms with Crippen molar-refractivity contribution < 1.29 is 24.7 Å². The summed E-state index contributed by atoms with van der Waals surface area (Å²) < 4.78 is 5.82. The molecule has 4 aromatic rings. The summed E-state index contributed by atoms with van der Waals surface area (Å²) in [6, 6.07) is 12.8. The predicted octanol–water partition coefficient (Wildman–Crippen LogP) is 5.86. The van der Waals surface area contributed by atoms with Gasteiger partial charge in [-0.05, 0) is 74.0 Å². The number of nitrogens with zero attached hydrogens (tertiary/aromatic N) is 2. The van der Waals surface area contributed by atoms with Crippen molar-refractivity contribution in [2.75, 3.05) is 6.61 Å². The number of ether oxygens (including phenoxy) is 1. The van der Waals surface area contributed by atoms with Gasteiger partial charge in [0, 0.05) is 29.1 Å². The lowest BCUT2D eigenvalue weighted by Gasteiger charge is -2.21. The zero-order valence-electron chi connectivity index (χ0n) is 21.8. The Morgan fingerprint density at radius 1 is 1.13 bits per heavy atom. The van der Waals surface area contributed by atoms with E-state index in [1.807, 2.05) is 18.2 Å². The fraction of sp³-hybridized carbons (Fsp3) is 0.267. The molecule has 2 heterocycles. The van der Waals surface area contributed by atoms with Crippen LogP contribution in [-0.2, 0) is 17.6 Å². The summed E-state index contributed by atoms with van der Waals surface area (Å²) in [5.74, 6) is -0.302. The van der Waals surface area contributed by atoms with Crippen molar-refractivity contribution in [3.05, 3.63) is 75.5 Å². The molecule has 1 aromatic heterocycles. The number of pyridine rings is 1. The number of carboxylic acids is 1. The highest BCUT2D eigenvalue weighted by molar-refractivity contribution is 6.11. The number of hydrogen-bond donors (Lipinski definition) is 2. The maximum Gasteiger partial charge on any atom is 0.307 e. The first-order chi connectivity index (χ1) is 18.0. The highest BCUT2D eigenvalue weighted by Gasteiger charge is 2.27. The third kappa shape index (κ3) is 5.74. The molecule has 1 aliphatic heterocycles. The van der Waals surface area contributed by atoms with E-state index < -0.39 is 16.5 Å². The number of carboxylic acid groups (broad SMARTS) is 1. The Hall–Kier alpha value is -4.48. The number of aromatic nitrogens is 1. The zero-order chi connectivity index (χ0) is 28.2. The van der Waals surface area contributed by atoms with Crippen molar-refractivity contribution in [1.29, 1.82) is 0 Å². The smallest absolute Gasteiger partial charge is 0.307 e. The Morgan fingerprint density at radius 2 is 1.76 bits per heavy atom. The maximum atomic E-state index is 11.9. The molecule has 8 nitrogen and oxygen atoms in total. The monoisotopic (exact) mass is 514 g/mol. The molecule has 0 aliphatic carbocycles. The van der Waals surface area contributed by atoms with Gasteiger partial charge >= 0.3 is 5.97 Å². The Balaban J connectivity index is 0.000000515. The second-order valence-electron chi connectivity index (χ2n) is 9.77. The highest BCUT2D eigenvalue weighted by atomic mass is 16.6. The van der Waals surface area contributed by atoms with Crippen LogP contribution in [0, 0.1) is 29.9 Å². The van der Waals surface area contributed by atoms with Crippen LogP contribution in [0.4, 0.5) is 5.69 Å². The minimum Gasteiger partial charge on any atom is -0.493 e. The molecule has 0 saturated carbocycles. The molecule has 8 heteroatoms. The standard InChI is InChI=1S/C24H18N2O5.C4H10O.C2H2/c1-13-18(12-20(27)28)22(15-4-2-3-5-16(15)24(13)26(29)30)17-6-7-19-21-14(9-11-31-19)8-10-25-23(17)21;1-4(2,3)5;1-2/h2-8,10H,9,11-12H2,1H3,(H,27,28);5H,1-3H3;1-2H. The van der Waals surface area contributed by atoms with E-state index in [0.29, 0.717) is 39.6 Å². The van der Waals surface area contributed by atoms with Crippen molar-refractivity contribution in [2.24, 2.45) is 0 Å². The van der Waals surface area contributed by atoms with Gasteiger partial charge in [0.25, 0.3) is 5.69 Å². The summed E-state index contributed by atoms with van der Waals surface area (Å²) in [6.45, 7) is 7.44. The van der Waals surface area contributed by atoms with E-state index in [1.54, 1.807) is 58.2 Å². The topological polar surface area (TPSA) is 123 Å². The molecule has 1 aliphatic rings. The molecule has 5 rings (SSSR count). The summed E-state index contributed by atoms with van der Waals surface area (Å²) in [5.41, 5.74) is 3.47. The van der Waals surface area contributed by atoms with Crippen molar-refractivity contribution in [3.63, 3.8) is 0 Å². The van der Waals surface area contributed by atoms with Crippen LogP contribution in [0.5, 0.6) is 5.75 Å². The number of benzene rings is 3. The first kappa shape index (κ1) is 28.1. The highest BCUT2D eigenvalue weighted by Crippen LogP contribution is 2.45. The Bertz CT molecular complexity index is 1530. The van der Waals surface area contributed by atoms with Crippen molar-refractivity contribution in [2.45, 2.75) is 46.1 Å². The summed E-state index contributed by atoms with van der Waals surface area (Å²) in [4.78, 5) is 27.8. The van der Waals surface area contributed by atoms with E-state index in [9.17, 15) is 20.0 Å². The van der Waals surface area contributed by atoms with Crippen LogP contribution in [-0.4, -0.2) is 38.3 Å². The maximum absolute atomic E-state index is 11.9. The van der Waals surface area contributed by atoms with Crippen LogP contribution in [0.1, 0.15) is 37.5 Å². The number of aliphatic hydroxyl groups is 1. The van der Waals surface area contributed by atoms with E-state index in [0.717, 1.165) is 28.7 Å². The predicted molar refractivity (Wildman–Crippen MR) is 148 cm³/mol. The number of aliphatic carboxylic acids is 1. The molecule has 0 atom stereocenters. The minimum absolute atomic E-state index is 0.0605. The number of fused-ring (bicyclic) bond motifs is 1. The van der Waals surface area contributed by atoms with Gasteiger partial charge in [-0.3, -0.25) is 19.9 Å². The lowest BCUT2D eigenvalue weighted by Crippen LogP contribution is -2.10. The Labute approximate surface area is 221 Å². The molecule has 0 unspecified atom stereocenters. The molecule has 0 radical (unpaired) electrons. The lowest BCUT2D eigenvalue weighted by atomic mass is 9.85. The van der Waals surface area contributed by atoms with Gasteiger partial charge in [0.05, 0.1) is 34.5 Å². The van der Waals surface area contributed by atoms with Gasteiger partial charge in [0.1, 0.15) is 5.75 Å². The first-order valence-corrected chi connectivity index (χ1v) is 12.0. The van der Waals surface area contributed by atoms with Crippen LogP contribution in [0.15, 0.2) is 48.7 Å². The largest absolute Gasteiger partial charge is 0.493 e. The van der Waals surface area contributed by atoms with E-state index in [-0.39, 0.29) is 12.1 Å². The molecule has 0 amide bonds. The summed E-state index contributed by atoms with van der Waals surface area (Å²) >= 11 is 0. The SMILES string of the molecule is C#C.CC(C)(C)O.Cc1c(CC(=O)O)c(-c2ccc3c4c(ccnc24)CCO3)c2ccccc2c1[N+](=O)[O-]. The quantitative estimate of drug-likeness (QED) is 0.199. The van der Waals surface area contributed by atoms with Crippen molar-refractivity contribution in [1.82, 2.24) is 4.98 Å². The molecule has 0 bridgehead atoms. The number of hydrogen-bond acceptors (Lipinski definition) is 6. The van der Waals surface area contributed by atoms with Gasteiger partial charge < -0.3 is 14.9 Å². The number of rotatable bonds is 4. The van der Waals surface area contributed by atoms with E-state index in [2.05, 4.69) is 17.8 Å². The lowest BCUT2D eigenvalue weighted by molar-refractivity contribution is -0.383. The Morgan fingerprint density at radius 3 is 2.37 bits per heavy atom. The van der Waals surface area contributed by atoms with Gasteiger partial charge in [-0.1, -0.05) is 18.2 Å². The molecule has 0 fully saturated rings. The van der Waals surface area contributed by atoms with Gasteiger partial charge in [0.15, 0.2) is 0 Å². The Kier molecular flexibility index (Phi) is 8.34. The summed E-state index contributed by atoms with van der Waals surface area (Å²) in [6.07, 6.45) is 10.2. The molecule has 2 N–H and O–H groups in total. The average Bonchev–Trinajstić information content (AvgIpc) is 2.85. The number of nitro groups is 1. The van der Waals surface area contributed by atoms with Crippen LogP contribution in [0.3, 0.4) is 0 Å². The minimum atomic E-state index is -1.05. The average molecular weight is 515 g/mol. The number of terminal acetylenes is 1. The van der Waals surface area contributed by atoms with Crippen LogP contribution in [0.2, 0.25) is 0 Å². The first-order valence-electron chi connectivity index (χ1n) is 12.0. The van der Waals surface area contributed by atoms with Gasteiger partial charge in [-0.15, -0.1) is 12.8 Å². The summed E-state index contributed by atoms with van der Waals surface area (Å²) in [5, 5.41) is 32.0. The zero-order valence-corrected chi connectivity index (χ0v) is 21.8. The van der Waals surface area contributed by atoms with Crippen molar-refractivity contribution >= 4 is 33.3 Å². The van der Waals surface area contributed by atoms with Crippen LogP contribution in [0.25, 0.3) is 32.8 Å². The molecular weight excluding hydrogens is 484 g/mol. The number of carbonyl (C=O) groups is 1. The molecule has 196 valence electrons. The summed E-state index contributed by atoms with van der Waals surface area (Å²) in [7, 11) is 0. The molecule has 0 saturated heterocycles. The van der Waals surface area contributed by atoms with Gasteiger partial charge in [0.2, 0.25) is 0 Å². The second-order valence-corrected chi connectivity index (χ2v) is 9.77. The third-order valence-electron chi connectivity index (χ3n) is 5.91. The second kappa shape index (κ2) is 11.3. The molecule has 3 aromatic carbocycles. The molecular formula is C30H30N2O6. The van der Waals surface area contributed by atoms with Crippen LogP contribution < -0.4 is 4.74 Å². The third-order valence-corrected chi connectivity index (χ3v) is 5.91. The fourth-order valence-electron chi connectivity index (χ4n) is 4.62.